The molecule has 3 unspecified atom stereocenters. The van der Waals surface area contributed by atoms with Gasteiger partial charge >= 0.3 is 0 Å². The molecule has 170 valence electrons. The van der Waals surface area contributed by atoms with E-state index in [0.29, 0.717) is 12.5 Å². The third-order valence-electron chi connectivity index (χ3n) is 5.26. The van der Waals surface area contributed by atoms with Gasteiger partial charge in [0.15, 0.2) is 5.96 Å². The number of morpholine rings is 1. The van der Waals surface area contributed by atoms with Crippen LogP contribution >= 0.6 is 24.0 Å². The van der Waals surface area contributed by atoms with Crippen molar-refractivity contribution in [1.29, 1.82) is 0 Å². The van der Waals surface area contributed by atoms with E-state index in [1.54, 1.807) is 0 Å². The average molecular weight is 537 g/mol. The van der Waals surface area contributed by atoms with Gasteiger partial charge in [-0.15, -0.1) is 24.0 Å². The van der Waals surface area contributed by atoms with E-state index >= 15 is 0 Å². The van der Waals surface area contributed by atoms with Gasteiger partial charge in [-0.3, -0.25) is 0 Å². The molecule has 3 rings (SSSR count). The van der Waals surface area contributed by atoms with Gasteiger partial charge in [0.25, 0.3) is 0 Å². The Morgan fingerprint density at radius 2 is 1.84 bits per heavy atom. The molecule has 6 nitrogen and oxygen atoms in total. The van der Waals surface area contributed by atoms with Crippen molar-refractivity contribution in [2.45, 2.75) is 52.4 Å². The molecule has 2 N–H and O–H groups in total. The number of aromatic nitrogens is 1. The fraction of sp³-hybridized carbons (Fsp3) is 0.500. The average Bonchev–Trinajstić information content (AvgIpc) is 2.76. The summed E-state index contributed by atoms with van der Waals surface area (Å²) in [5.74, 6) is 2.25. The number of nitrogens with zero attached hydrogens (tertiary/aromatic N) is 3. The second kappa shape index (κ2) is 12.9. The zero-order valence-electron chi connectivity index (χ0n) is 19.0. The SMILES string of the molecule is CCNC(=NCc1ccc(N2CC(C)OC(C)C2)nc1)NCC(C)c1ccccc1.I. The quantitative estimate of drug-likeness (QED) is 0.316. The fourth-order valence-corrected chi connectivity index (χ4v) is 3.72. The molecular formula is C24H36IN5O. The van der Waals surface area contributed by atoms with Gasteiger partial charge in [0.05, 0.1) is 18.8 Å². The second-order valence-electron chi connectivity index (χ2n) is 8.07. The normalized spacial score (nSPS) is 20.0. The summed E-state index contributed by atoms with van der Waals surface area (Å²) >= 11 is 0. The Hall–Kier alpha value is -1.87. The van der Waals surface area contributed by atoms with Gasteiger partial charge in [0, 0.05) is 32.4 Å². The second-order valence-corrected chi connectivity index (χ2v) is 8.07. The Morgan fingerprint density at radius 3 is 2.45 bits per heavy atom. The van der Waals surface area contributed by atoms with Gasteiger partial charge in [-0.25, -0.2) is 9.98 Å². The third-order valence-corrected chi connectivity index (χ3v) is 5.26. The van der Waals surface area contributed by atoms with Crippen LogP contribution in [0.5, 0.6) is 0 Å². The zero-order valence-corrected chi connectivity index (χ0v) is 21.4. The Bertz CT molecular complexity index is 789. The number of pyridine rings is 1. The highest BCUT2D eigenvalue weighted by Gasteiger charge is 2.22. The van der Waals surface area contributed by atoms with Gasteiger partial charge in [-0.05, 0) is 43.9 Å². The van der Waals surface area contributed by atoms with Gasteiger partial charge in [0.1, 0.15) is 5.82 Å². The maximum atomic E-state index is 5.82. The van der Waals surface area contributed by atoms with E-state index in [0.717, 1.165) is 43.5 Å². The fourth-order valence-electron chi connectivity index (χ4n) is 3.72. The minimum absolute atomic E-state index is 0. The molecule has 0 radical (unpaired) electrons. The lowest BCUT2D eigenvalue weighted by Crippen LogP contribution is -2.45. The van der Waals surface area contributed by atoms with Gasteiger partial charge in [0.2, 0.25) is 0 Å². The number of hydrogen-bond donors (Lipinski definition) is 2. The third kappa shape index (κ3) is 7.96. The lowest BCUT2D eigenvalue weighted by atomic mass is 10.0. The van der Waals surface area contributed by atoms with Crippen molar-refractivity contribution in [2.75, 3.05) is 31.1 Å². The van der Waals surface area contributed by atoms with Gasteiger partial charge < -0.3 is 20.3 Å². The standard InChI is InChI=1S/C24H35N5O.HI/c1-5-25-24(27-13-18(2)22-9-7-6-8-10-22)28-15-21-11-12-23(26-14-21)29-16-19(3)30-20(4)17-29;/h6-12,14,18-20H,5,13,15-17H2,1-4H3,(H2,25,27,28);1H. The van der Waals surface area contributed by atoms with E-state index in [1.807, 2.05) is 6.20 Å². The van der Waals surface area contributed by atoms with Crippen LogP contribution in [0.25, 0.3) is 0 Å². The van der Waals surface area contributed by atoms with Gasteiger partial charge in [-0.1, -0.05) is 43.3 Å². The summed E-state index contributed by atoms with van der Waals surface area (Å²) in [4.78, 5) is 11.7. The van der Waals surface area contributed by atoms with Crippen LogP contribution < -0.4 is 15.5 Å². The maximum absolute atomic E-state index is 5.82. The Balaban J connectivity index is 0.00000341. The molecule has 1 aliphatic heterocycles. The Labute approximate surface area is 203 Å². The number of halogens is 1. The summed E-state index contributed by atoms with van der Waals surface area (Å²) < 4.78 is 5.82. The predicted molar refractivity (Wildman–Crippen MR) is 140 cm³/mol. The minimum atomic E-state index is 0. The number of aliphatic imine (C=N–C) groups is 1. The van der Waals surface area contributed by atoms with Crippen molar-refractivity contribution >= 4 is 35.8 Å². The molecular weight excluding hydrogens is 501 g/mol. The summed E-state index contributed by atoms with van der Waals surface area (Å²) in [6, 6.07) is 14.8. The number of ether oxygens (including phenoxy) is 1. The zero-order chi connectivity index (χ0) is 21.3. The molecule has 1 fully saturated rings. The summed E-state index contributed by atoms with van der Waals surface area (Å²) in [6.07, 6.45) is 2.39. The van der Waals surface area contributed by atoms with Crippen molar-refractivity contribution in [3.05, 3.63) is 59.8 Å². The first kappa shape index (κ1) is 25.4. The Morgan fingerprint density at radius 1 is 1.13 bits per heavy atom. The summed E-state index contributed by atoms with van der Waals surface area (Å²) in [5.41, 5.74) is 2.42. The first-order chi connectivity index (χ1) is 14.5. The van der Waals surface area contributed by atoms with E-state index in [4.69, 9.17) is 9.73 Å². The highest BCUT2D eigenvalue weighted by molar-refractivity contribution is 14.0. The molecule has 7 heteroatoms. The monoisotopic (exact) mass is 537 g/mol. The molecule has 3 atom stereocenters. The summed E-state index contributed by atoms with van der Waals surface area (Å²) in [5, 5.41) is 6.79. The largest absolute Gasteiger partial charge is 0.372 e. The number of rotatable bonds is 7. The van der Waals surface area contributed by atoms with Crippen molar-refractivity contribution in [1.82, 2.24) is 15.6 Å². The van der Waals surface area contributed by atoms with Crippen LogP contribution in [0.1, 0.15) is 44.7 Å². The summed E-state index contributed by atoms with van der Waals surface area (Å²) in [6.45, 7) is 12.5. The van der Waals surface area contributed by atoms with Crippen LogP contribution in [0.2, 0.25) is 0 Å². The molecule has 2 aromatic rings. The highest BCUT2D eigenvalue weighted by Crippen LogP contribution is 2.18. The van der Waals surface area contributed by atoms with Crippen molar-refractivity contribution in [2.24, 2.45) is 4.99 Å². The van der Waals surface area contributed by atoms with E-state index in [9.17, 15) is 0 Å². The molecule has 1 aliphatic rings. The van der Waals surface area contributed by atoms with Crippen LogP contribution in [0.15, 0.2) is 53.7 Å². The smallest absolute Gasteiger partial charge is 0.191 e. The molecule has 2 heterocycles. The van der Waals surface area contributed by atoms with E-state index < -0.39 is 0 Å². The molecule has 0 aliphatic carbocycles. The highest BCUT2D eigenvalue weighted by atomic mass is 127. The molecule has 1 aromatic heterocycles. The maximum Gasteiger partial charge on any atom is 0.191 e. The predicted octanol–water partition coefficient (Wildman–Crippen LogP) is 4.17. The lowest BCUT2D eigenvalue weighted by molar-refractivity contribution is -0.00545. The minimum Gasteiger partial charge on any atom is -0.372 e. The molecule has 0 amide bonds. The Kier molecular flexibility index (Phi) is 10.5. The lowest BCUT2D eigenvalue weighted by Gasteiger charge is -2.36. The number of nitrogens with one attached hydrogen (secondary N) is 2. The number of anilines is 1. The topological polar surface area (TPSA) is 61.8 Å². The number of hydrogen-bond acceptors (Lipinski definition) is 4. The molecule has 1 aromatic carbocycles. The number of guanidine groups is 1. The summed E-state index contributed by atoms with van der Waals surface area (Å²) in [7, 11) is 0. The molecule has 1 saturated heterocycles. The molecule has 0 spiro atoms. The van der Waals surface area contributed by atoms with Crippen LogP contribution in [0.4, 0.5) is 5.82 Å². The van der Waals surface area contributed by atoms with Crippen LogP contribution in [-0.2, 0) is 11.3 Å². The van der Waals surface area contributed by atoms with Crippen LogP contribution in [-0.4, -0.2) is 49.3 Å². The van der Waals surface area contributed by atoms with Crippen LogP contribution in [0.3, 0.4) is 0 Å². The van der Waals surface area contributed by atoms with E-state index in [-0.39, 0.29) is 36.2 Å². The van der Waals surface area contributed by atoms with E-state index in [2.05, 4.69) is 90.7 Å². The van der Waals surface area contributed by atoms with E-state index in [1.165, 1.54) is 5.56 Å². The van der Waals surface area contributed by atoms with Crippen molar-refractivity contribution in [3.63, 3.8) is 0 Å². The molecule has 31 heavy (non-hydrogen) atoms. The number of benzene rings is 1. The van der Waals surface area contributed by atoms with Crippen molar-refractivity contribution < 1.29 is 4.74 Å². The van der Waals surface area contributed by atoms with Crippen molar-refractivity contribution in [3.8, 4) is 0 Å². The van der Waals surface area contributed by atoms with Crippen LogP contribution in [0, 0.1) is 0 Å². The first-order valence-electron chi connectivity index (χ1n) is 11.0. The van der Waals surface area contributed by atoms with Gasteiger partial charge in [-0.2, -0.15) is 0 Å². The molecule has 0 saturated carbocycles. The molecule has 0 bridgehead atoms. The first-order valence-corrected chi connectivity index (χ1v) is 11.0.